The quantitative estimate of drug-likeness (QED) is 0.712. The van der Waals surface area contributed by atoms with E-state index in [1.54, 1.807) is 4.90 Å². The molecule has 0 radical (unpaired) electrons. The summed E-state index contributed by atoms with van der Waals surface area (Å²) in [5.74, 6) is 0.379. The van der Waals surface area contributed by atoms with Gasteiger partial charge in [-0.05, 0) is 60.8 Å². The Bertz CT molecular complexity index is 1100. The number of nitrogens with one attached hydrogen (secondary N) is 1. The number of fused-ring (bicyclic) bond motifs is 1. The lowest BCUT2D eigenvalue weighted by Crippen LogP contribution is -2.47. The number of carbonyl (C=O) groups excluding carboxylic acids is 3. The number of amides is 3. The summed E-state index contributed by atoms with van der Waals surface area (Å²) in [6, 6.07) is 14.6. The monoisotopic (exact) mass is 477 g/mol. The molecule has 35 heavy (non-hydrogen) atoms. The average Bonchev–Trinajstić information content (AvgIpc) is 3.58. The minimum absolute atomic E-state index is 0.0586. The molecule has 1 saturated carbocycles. The summed E-state index contributed by atoms with van der Waals surface area (Å²) in [6.45, 7) is 4.89. The molecule has 186 valence electrons. The molecular weight excluding hydrogens is 442 g/mol. The largest absolute Gasteiger partial charge is 0.450 e. The van der Waals surface area contributed by atoms with Crippen LogP contribution in [0.15, 0.2) is 42.5 Å². The van der Waals surface area contributed by atoms with Crippen LogP contribution >= 0.6 is 0 Å². The maximum absolute atomic E-state index is 12.9. The molecule has 7 heteroatoms. The molecular formula is C28H35N3O4. The van der Waals surface area contributed by atoms with Crippen LogP contribution in [0.3, 0.4) is 0 Å². The van der Waals surface area contributed by atoms with Gasteiger partial charge in [-0.25, -0.2) is 4.79 Å². The molecule has 2 saturated heterocycles. The third kappa shape index (κ3) is 5.14. The zero-order chi connectivity index (χ0) is 24.4. The van der Waals surface area contributed by atoms with Crippen molar-refractivity contribution in [2.24, 2.45) is 11.3 Å². The maximum atomic E-state index is 12.9. The van der Waals surface area contributed by atoms with E-state index >= 15 is 0 Å². The molecule has 1 atom stereocenters. The van der Waals surface area contributed by atoms with Gasteiger partial charge in [-0.3, -0.25) is 9.59 Å². The Morgan fingerprint density at radius 3 is 2.40 bits per heavy atom. The Hall–Kier alpha value is -3.09. The average molecular weight is 478 g/mol. The van der Waals surface area contributed by atoms with Crippen LogP contribution in [0, 0.1) is 11.3 Å². The standard InChI is InChI=1S/C28H35N3O4/c1-2-35-27(34)31-13-9-23(10-14-31)29-26(33)24-19-28(24)11-15-30(16-12-28)25(32)18-20-7-8-21-5-3-4-6-22(21)17-20/h3-8,17,23-24H,2,9-16,18-19H2,1H3,(H,29,33). The predicted octanol–water partition coefficient (Wildman–Crippen LogP) is 3.75. The molecule has 1 unspecified atom stereocenters. The summed E-state index contributed by atoms with van der Waals surface area (Å²) in [4.78, 5) is 41.4. The Kier molecular flexibility index (Phi) is 6.67. The fourth-order valence-electron chi connectivity index (χ4n) is 5.83. The summed E-state index contributed by atoms with van der Waals surface area (Å²) in [6.07, 6.45) is 4.41. The van der Waals surface area contributed by atoms with Crippen molar-refractivity contribution < 1.29 is 19.1 Å². The van der Waals surface area contributed by atoms with Gasteiger partial charge in [-0.1, -0.05) is 42.5 Å². The Morgan fingerprint density at radius 2 is 1.69 bits per heavy atom. The number of benzene rings is 2. The Balaban J connectivity index is 1.07. The fourth-order valence-corrected chi connectivity index (χ4v) is 5.83. The van der Waals surface area contributed by atoms with Gasteiger partial charge in [0.2, 0.25) is 11.8 Å². The third-order valence-corrected chi connectivity index (χ3v) is 8.15. The number of carbonyl (C=O) groups is 3. The molecule has 5 rings (SSSR count). The van der Waals surface area contributed by atoms with Gasteiger partial charge >= 0.3 is 6.09 Å². The van der Waals surface area contributed by atoms with Crippen molar-refractivity contribution in [2.75, 3.05) is 32.8 Å². The van der Waals surface area contributed by atoms with Gasteiger partial charge in [0, 0.05) is 38.1 Å². The van der Waals surface area contributed by atoms with E-state index < -0.39 is 0 Å². The van der Waals surface area contributed by atoms with Crippen LogP contribution in [0.1, 0.15) is 44.6 Å². The minimum atomic E-state index is -0.264. The molecule has 3 amide bonds. The predicted molar refractivity (Wildman–Crippen MR) is 134 cm³/mol. The number of piperidine rings is 2. The second-order valence-electron chi connectivity index (χ2n) is 10.3. The molecule has 0 aromatic heterocycles. The first kappa shape index (κ1) is 23.6. The lowest BCUT2D eigenvalue weighted by Gasteiger charge is -2.34. The second-order valence-corrected chi connectivity index (χ2v) is 10.3. The van der Waals surface area contributed by atoms with E-state index in [9.17, 15) is 14.4 Å². The highest BCUT2D eigenvalue weighted by Gasteiger charge is 2.58. The molecule has 1 aliphatic carbocycles. The van der Waals surface area contributed by atoms with E-state index in [2.05, 4.69) is 29.6 Å². The van der Waals surface area contributed by atoms with Crippen molar-refractivity contribution in [3.05, 3.63) is 48.0 Å². The van der Waals surface area contributed by atoms with Crippen LogP contribution in [-0.2, 0) is 20.7 Å². The van der Waals surface area contributed by atoms with Crippen LogP contribution in [0.2, 0.25) is 0 Å². The summed E-state index contributed by atoms with van der Waals surface area (Å²) in [5, 5.41) is 5.57. The van der Waals surface area contributed by atoms with E-state index in [-0.39, 0.29) is 35.3 Å². The number of likely N-dealkylation sites (tertiary alicyclic amines) is 2. The van der Waals surface area contributed by atoms with Crippen molar-refractivity contribution in [3.63, 3.8) is 0 Å². The highest BCUT2D eigenvalue weighted by atomic mass is 16.6. The first-order chi connectivity index (χ1) is 17.0. The van der Waals surface area contributed by atoms with E-state index in [0.717, 1.165) is 56.1 Å². The van der Waals surface area contributed by atoms with Crippen LogP contribution in [-0.4, -0.2) is 66.5 Å². The molecule has 2 aliphatic heterocycles. The summed E-state index contributed by atoms with van der Waals surface area (Å²) in [5.41, 5.74) is 1.11. The number of hydrogen-bond donors (Lipinski definition) is 1. The summed E-state index contributed by atoms with van der Waals surface area (Å²) >= 11 is 0. The van der Waals surface area contributed by atoms with Gasteiger partial charge in [0.1, 0.15) is 0 Å². The number of nitrogens with zero attached hydrogens (tertiary/aromatic N) is 2. The normalized spacial score (nSPS) is 21.7. The second kappa shape index (κ2) is 9.88. The molecule has 2 aromatic rings. The molecule has 1 N–H and O–H groups in total. The maximum Gasteiger partial charge on any atom is 0.409 e. The third-order valence-electron chi connectivity index (χ3n) is 8.15. The Morgan fingerprint density at radius 1 is 0.971 bits per heavy atom. The summed E-state index contributed by atoms with van der Waals surface area (Å²) < 4.78 is 5.07. The first-order valence-electron chi connectivity index (χ1n) is 12.9. The fraction of sp³-hybridized carbons (Fsp3) is 0.536. The van der Waals surface area contributed by atoms with Crippen molar-refractivity contribution in [2.45, 2.75) is 51.5 Å². The van der Waals surface area contributed by atoms with E-state index in [1.165, 1.54) is 5.39 Å². The van der Waals surface area contributed by atoms with Crippen LogP contribution < -0.4 is 5.32 Å². The zero-order valence-electron chi connectivity index (χ0n) is 20.5. The molecule has 7 nitrogen and oxygen atoms in total. The Labute approximate surface area is 206 Å². The topological polar surface area (TPSA) is 79.0 Å². The van der Waals surface area contributed by atoms with Crippen LogP contribution in [0.5, 0.6) is 0 Å². The number of hydrogen-bond acceptors (Lipinski definition) is 4. The highest BCUT2D eigenvalue weighted by Crippen LogP contribution is 2.59. The number of ether oxygens (including phenoxy) is 1. The van der Waals surface area contributed by atoms with Crippen molar-refractivity contribution >= 4 is 28.7 Å². The minimum Gasteiger partial charge on any atom is -0.450 e. The van der Waals surface area contributed by atoms with E-state index in [0.29, 0.717) is 26.1 Å². The lowest BCUT2D eigenvalue weighted by molar-refractivity contribution is -0.132. The molecule has 3 aliphatic rings. The smallest absolute Gasteiger partial charge is 0.409 e. The van der Waals surface area contributed by atoms with Crippen LogP contribution in [0.25, 0.3) is 10.8 Å². The van der Waals surface area contributed by atoms with Crippen molar-refractivity contribution in [1.29, 1.82) is 0 Å². The first-order valence-corrected chi connectivity index (χ1v) is 12.9. The van der Waals surface area contributed by atoms with Gasteiger partial charge in [0.15, 0.2) is 0 Å². The van der Waals surface area contributed by atoms with Gasteiger partial charge in [0.05, 0.1) is 13.0 Å². The SMILES string of the molecule is CCOC(=O)N1CCC(NC(=O)C2CC23CCN(C(=O)Cc2ccc4ccccc4c2)CC3)CC1. The van der Waals surface area contributed by atoms with Gasteiger partial charge in [-0.15, -0.1) is 0 Å². The summed E-state index contributed by atoms with van der Waals surface area (Å²) in [7, 11) is 0. The van der Waals surface area contributed by atoms with Gasteiger partial charge < -0.3 is 19.9 Å². The van der Waals surface area contributed by atoms with Crippen molar-refractivity contribution in [3.8, 4) is 0 Å². The molecule has 1 spiro atoms. The highest BCUT2D eigenvalue weighted by molar-refractivity contribution is 5.86. The lowest BCUT2D eigenvalue weighted by atomic mass is 9.90. The number of rotatable bonds is 5. The van der Waals surface area contributed by atoms with E-state index in [1.807, 2.05) is 30.0 Å². The van der Waals surface area contributed by atoms with Gasteiger partial charge in [-0.2, -0.15) is 0 Å². The van der Waals surface area contributed by atoms with Gasteiger partial charge in [0.25, 0.3) is 0 Å². The van der Waals surface area contributed by atoms with Crippen LogP contribution in [0.4, 0.5) is 4.79 Å². The molecule has 2 aromatic carbocycles. The van der Waals surface area contributed by atoms with E-state index in [4.69, 9.17) is 4.74 Å². The molecule has 2 heterocycles. The zero-order valence-corrected chi connectivity index (χ0v) is 20.5. The molecule has 0 bridgehead atoms. The molecule has 3 fully saturated rings. The van der Waals surface area contributed by atoms with Crippen molar-refractivity contribution in [1.82, 2.24) is 15.1 Å².